The fourth-order valence-electron chi connectivity index (χ4n) is 1.94. The van der Waals surface area contributed by atoms with Crippen molar-refractivity contribution in [1.82, 2.24) is 10.3 Å². The van der Waals surface area contributed by atoms with Crippen LogP contribution in [0.3, 0.4) is 0 Å². The van der Waals surface area contributed by atoms with Crippen LogP contribution in [0.25, 0.3) is 0 Å². The summed E-state index contributed by atoms with van der Waals surface area (Å²) in [5.41, 5.74) is 1.09. The van der Waals surface area contributed by atoms with Gasteiger partial charge in [0.1, 0.15) is 5.15 Å². The van der Waals surface area contributed by atoms with Gasteiger partial charge in [0.2, 0.25) is 0 Å². The Balaban J connectivity index is 1.87. The predicted octanol–water partition coefficient (Wildman–Crippen LogP) is 3.28. The van der Waals surface area contributed by atoms with E-state index in [2.05, 4.69) is 29.0 Å². The van der Waals surface area contributed by atoms with Crippen molar-refractivity contribution in [3.8, 4) is 0 Å². The highest BCUT2D eigenvalue weighted by Gasteiger charge is 2.17. The van der Waals surface area contributed by atoms with E-state index in [1.165, 1.54) is 18.6 Å². The number of thioether (sulfide) groups is 1. The highest BCUT2D eigenvalue weighted by Crippen LogP contribution is 2.26. The highest BCUT2D eigenvalue weighted by atomic mass is 35.5. The van der Waals surface area contributed by atoms with Gasteiger partial charge in [-0.15, -0.1) is 0 Å². The number of aromatic nitrogens is 1. The zero-order valence-electron chi connectivity index (χ0n) is 9.45. The van der Waals surface area contributed by atoms with Crippen LogP contribution in [0.5, 0.6) is 0 Å². The second-order valence-electron chi connectivity index (χ2n) is 4.15. The zero-order valence-corrected chi connectivity index (χ0v) is 11.0. The van der Waals surface area contributed by atoms with Gasteiger partial charge in [-0.2, -0.15) is 11.8 Å². The van der Waals surface area contributed by atoms with Gasteiger partial charge in [0.05, 0.1) is 0 Å². The first-order valence-corrected chi connectivity index (χ1v) is 7.15. The van der Waals surface area contributed by atoms with E-state index in [-0.39, 0.29) is 6.04 Å². The van der Waals surface area contributed by atoms with Crippen molar-refractivity contribution in [2.75, 3.05) is 12.3 Å². The van der Waals surface area contributed by atoms with Crippen molar-refractivity contribution < 1.29 is 0 Å². The molecular formula is C12H17ClN2S. The molecule has 0 amide bonds. The lowest BCUT2D eigenvalue weighted by molar-refractivity contribution is 0.558. The number of nitrogens with zero attached hydrogens (tertiary/aromatic N) is 1. The summed E-state index contributed by atoms with van der Waals surface area (Å²) >= 11 is 8.13. The molecule has 1 aliphatic heterocycles. The number of nitrogens with one attached hydrogen (secondary N) is 1. The molecule has 1 aliphatic rings. The number of halogens is 1. The first-order valence-electron chi connectivity index (χ1n) is 5.73. The van der Waals surface area contributed by atoms with E-state index >= 15 is 0 Å². The first-order chi connectivity index (χ1) is 7.77. The molecule has 1 aromatic heterocycles. The van der Waals surface area contributed by atoms with E-state index in [1.54, 1.807) is 6.20 Å². The molecule has 0 radical (unpaired) electrons. The van der Waals surface area contributed by atoms with Gasteiger partial charge < -0.3 is 5.32 Å². The van der Waals surface area contributed by atoms with E-state index in [9.17, 15) is 0 Å². The maximum absolute atomic E-state index is 6.06. The third-order valence-electron chi connectivity index (χ3n) is 2.93. The third-order valence-corrected chi connectivity index (χ3v) is 4.64. The van der Waals surface area contributed by atoms with Crippen LogP contribution in [0, 0.1) is 0 Å². The molecule has 1 aromatic rings. The average molecular weight is 257 g/mol. The molecular weight excluding hydrogens is 240 g/mol. The molecule has 2 rings (SSSR count). The molecule has 0 saturated carbocycles. The molecule has 0 aliphatic carbocycles. The molecule has 16 heavy (non-hydrogen) atoms. The van der Waals surface area contributed by atoms with E-state index in [0.717, 1.165) is 17.4 Å². The molecule has 2 heterocycles. The standard InChI is InChI=1S/C12H17ClN2S/c1-9(11-5-2-6-14-12(11)13)15-8-10-4-3-7-16-10/h2,5-6,9-10,15H,3-4,7-8H2,1H3. The SMILES string of the molecule is CC(NCC1CCCS1)c1cccnc1Cl. The van der Waals surface area contributed by atoms with E-state index in [4.69, 9.17) is 11.6 Å². The molecule has 1 fully saturated rings. The molecule has 1 saturated heterocycles. The lowest BCUT2D eigenvalue weighted by Gasteiger charge is -2.17. The minimum Gasteiger partial charge on any atom is -0.309 e. The maximum Gasteiger partial charge on any atom is 0.133 e. The molecule has 2 nitrogen and oxygen atoms in total. The molecule has 0 bridgehead atoms. The Labute approximate surface area is 106 Å². The molecule has 2 atom stereocenters. The van der Waals surface area contributed by atoms with E-state index < -0.39 is 0 Å². The van der Waals surface area contributed by atoms with Gasteiger partial charge in [-0.05, 0) is 31.6 Å². The van der Waals surface area contributed by atoms with Crippen LogP contribution in [0.1, 0.15) is 31.4 Å². The Kier molecular flexibility index (Phi) is 4.50. The van der Waals surface area contributed by atoms with Crippen LogP contribution in [-0.2, 0) is 0 Å². The van der Waals surface area contributed by atoms with Gasteiger partial charge in [0.15, 0.2) is 0 Å². The quantitative estimate of drug-likeness (QED) is 0.837. The molecule has 88 valence electrons. The molecule has 2 unspecified atom stereocenters. The van der Waals surface area contributed by atoms with E-state index in [0.29, 0.717) is 5.15 Å². The zero-order chi connectivity index (χ0) is 11.4. The Morgan fingerprint density at radius 1 is 1.69 bits per heavy atom. The Bertz CT molecular complexity index is 340. The normalized spacial score (nSPS) is 22.2. The van der Waals surface area contributed by atoms with Gasteiger partial charge in [0.25, 0.3) is 0 Å². The van der Waals surface area contributed by atoms with Gasteiger partial charge in [-0.3, -0.25) is 0 Å². The second-order valence-corrected chi connectivity index (χ2v) is 5.91. The number of hydrogen-bond donors (Lipinski definition) is 1. The summed E-state index contributed by atoms with van der Waals surface area (Å²) in [7, 11) is 0. The highest BCUT2D eigenvalue weighted by molar-refractivity contribution is 8.00. The van der Waals surface area contributed by atoms with Crippen molar-refractivity contribution >= 4 is 23.4 Å². The molecule has 0 spiro atoms. The van der Waals surface area contributed by atoms with Crippen LogP contribution >= 0.6 is 23.4 Å². The third kappa shape index (κ3) is 3.12. The summed E-state index contributed by atoms with van der Waals surface area (Å²) in [6, 6.07) is 4.25. The minimum atomic E-state index is 0.280. The summed E-state index contributed by atoms with van der Waals surface area (Å²) < 4.78 is 0. The van der Waals surface area contributed by atoms with Gasteiger partial charge in [-0.1, -0.05) is 17.7 Å². The number of rotatable bonds is 4. The fraction of sp³-hybridized carbons (Fsp3) is 0.583. The van der Waals surface area contributed by atoms with E-state index in [1.807, 2.05) is 12.1 Å². The predicted molar refractivity (Wildman–Crippen MR) is 71.1 cm³/mol. The summed E-state index contributed by atoms with van der Waals surface area (Å²) in [6.45, 7) is 3.21. The summed E-state index contributed by atoms with van der Waals surface area (Å²) in [5.74, 6) is 1.31. The first kappa shape index (κ1) is 12.2. The van der Waals surface area contributed by atoms with Crippen molar-refractivity contribution in [3.05, 3.63) is 29.0 Å². The second kappa shape index (κ2) is 5.89. The maximum atomic E-state index is 6.06. The fourth-order valence-corrected chi connectivity index (χ4v) is 3.44. The van der Waals surface area contributed by atoms with Gasteiger partial charge >= 0.3 is 0 Å². The van der Waals surface area contributed by atoms with Crippen molar-refractivity contribution in [1.29, 1.82) is 0 Å². The number of hydrogen-bond acceptors (Lipinski definition) is 3. The monoisotopic (exact) mass is 256 g/mol. The minimum absolute atomic E-state index is 0.280. The summed E-state index contributed by atoms with van der Waals surface area (Å²) in [6.07, 6.45) is 4.43. The van der Waals surface area contributed by atoms with Crippen LogP contribution < -0.4 is 5.32 Å². The topological polar surface area (TPSA) is 24.9 Å². The lowest BCUT2D eigenvalue weighted by Crippen LogP contribution is -2.26. The van der Waals surface area contributed by atoms with Crippen LogP contribution in [0.2, 0.25) is 5.15 Å². The van der Waals surface area contributed by atoms with Crippen molar-refractivity contribution in [2.24, 2.45) is 0 Å². The number of pyridine rings is 1. The van der Waals surface area contributed by atoms with Crippen LogP contribution in [-0.4, -0.2) is 22.5 Å². The Morgan fingerprint density at radius 2 is 2.56 bits per heavy atom. The Hall–Kier alpha value is -0.250. The molecule has 4 heteroatoms. The van der Waals surface area contributed by atoms with Gasteiger partial charge in [0, 0.05) is 29.6 Å². The van der Waals surface area contributed by atoms with Crippen LogP contribution in [0.15, 0.2) is 18.3 Å². The summed E-state index contributed by atoms with van der Waals surface area (Å²) in [4.78, 5) is 4.10. The average Bonchev–Trinajstić information content (AvgIpc) is 2.79. The molecule has 1 N–H and O–H groups in total. The van der Waals surface area contributed by atoms with Crippen LogP contribution in [0.4, 0.5) is 0 Å². The molecule has 0 aromatic carbocycles. The summed E-state index contributed by atoms with van der Waals surface area (Å²) in [5, 5.41) is 4.92. The Morgan fingerprint density at radius 3 is 3.25 bits per heavy atom. The lowest BCUT2D eigenvalue weighted by atomic mass is 10.1. The smallest absolute Gasteiger partial charge is 0.133 e. The van der Waals surface area contributed by atoms with Gasteiger partial charge in [-0.25, -0.2) is 4.98 Å². The largest absolute Gasteiger partial charge is 0.309 e. The van der Waals surface area contributed by atoms with Crippen molar-refractivity contribution in [3.63, 3.8) is 0 Å². The van der Waals surface area contributed by atoms with Crippen molar-refractivity contribution in [2.45, 2.75) is 31.1 Å².